The monoisotopic (exact) mass is 365 g/mol. The number of carbonyl (C=O) groups excluding carboxylic acids is 1. The van der Waals surface area contributed by atoms with Gasteiger partial charge in [0.05, 0.1) is 12.8 Å². The molecule has 2 aromatic rings. The summed E-state index contributed by atoms with van der Waals surface area (Å²) in [5.41, 5.74) is 2.89. The van der Waals surface area contributed by atoms with Crippen LogP contribution in [0.4, 0.5) is 0 Å². The summed E-state index contributed by atoms with van der Waals surface area (Å²) in [6.45, 7) is 3.29. The minimum absolute atomic E-state index is 0.0309. The van der Waals surface area contributed by atoms with Crippen molar-refractivity contribution in [3.8, 4) is 5.75 Å². The molecular weight excluding hydrogens is 346 g/mol. The number of hydrogen-bond acceptors (Lipinski definition) is 4. The summed E-state index contributed by atoms with van der Waals surface area (Å²) in [5.74, 6) is -0.531. The molecule has 1 amide bonds. The first kappa shape index (κ1) is 17.1. The van der Waals surface area contributed by atoms with Crippen LogP contribution in [0.2, 0.25) is 0 Å². The fourth-order valence-electron chi connectivity index (χ4n) is 3.52. The molecule has 2 aliphatic rings. The quantitative estimate of drug-likeness (QED) is 0.903. The zero-order valence-corrected chi connectivity index (χ0v) is 14.9. The van der Waals surface area contributed by atoms with Crippen LogP contribution in [-0.2, 0) is 24.3 Å². The van der Waals surface area contributed by atoms with E-state index in [0.29, 0.717) is 36.4 Å². The molecule has 0 fully saturated rings. The van der Waals surface area contributed by atoms with Crippen LogP contribution in [0, 0.1) is 0 Å². The van der Waals surface area contributed by atoms with Crippen LogP contribution >= 0.6 is 0 Å². The number of benzene rings is 1. The van der Waals surface area contributed by atoms with Crippen LogP contribution in [0.25, 0.3) is 6.08 Å². The van der Waals surface area contributed by atoms with Crippen molar-refractivity contribution in [2.45, 2.75) is 26.4 Å². The Morgan fingerprint density at radius 3 is 2.89 bits per heavy atom. The van der Waals surface area contributed by atoms with E-state index in [1.54, 1.807) is 21.7 Å². The van der Waals surface area contributed by atoms with Crippen LogP contribution in [-0.4, -0.2) is 38.2 Å². The van der Waals surface area contributed by atoms with Crippen molar-refractivity contribution in [3.63, 3.8) is 0 Å². The number of fused-ring (bicyclic) bond motifs is 2. The van der Waals surface area contributed by atoms with E-state index in [1.165, 1.54) is 6.26 Å². The Morgan fingerprint density at radius 2 is 2.11 bits per heavy atom. The number of aromatic nitrogens is 2. The third-order valence-corrected chi connectivity index (χ3v) is 4.84. The Morgan fingerprint density at radius 1 is 1.30 bits per heavy atom. The average molecular weight is 365 g/mol. The van der Waals surface area contributed by atoms with Gasteiger partial charge in [0.1, 0.15) is 5.75 Å². The van der Waals surface area contributed by atoms with Gasteiger partial charge in [-0.2, -0.15) is 5.10 Å². The van der Waals surface area contributed by atoms with Crippen molar-refractivity contribution in [2.75, 3.05) is 6.54 Å². The van der Waals surface area contributed by atoms with Gasteiger partial charge in [-0.1, -0.05) is 18.2 Å². The van der Waals surface area contributed by atoms with Crippen molar-refractivity contribution in [1.82, 2.24) is 14.7 Å². The Hall–Kier alpha value is -3.35. The SMILES string of the molecule is CCn1nc(C(=O)O)c2c1CCN(C(=O)C1=Cc3ccccc3OC=C1)C2. The first-order valence-electron chi connectivity index (χ1n) is 8.83. The van der Waals surface area contributed by atoms with Crippen molar-refractivity contribution >= 4 is 18.0 Å². The van der Waals surface area contributed by atoms with E-state index >= 15 is 0 Å². The van der Waals surface area contributed by atoms with Gasteiger partial charge in [0.25, 0.3) is 5.91 Å². The van der Waals surface area contributed by atoms with Gasteiger partial charge in [0.2, 0.25) is 0 Å². The predicted molar refractivity (Wildman–Crippen MR) is 98.2 cm³/mol. The zero-order chi connectivity index (χ0) is 19.0. The second-order valence-electron chi connectivity index (χ2n) is 6.43. The summed E-state index contributed by atoms with van der Waals surface area (Å²) in [4.78, 5) is 26.3. The Labute approximate surface area is 156 Å². The minimum Gasteiger partial charge on any atom is -0.476 e. The average Bonchev–Trinajstić information content (AvgIpc) is 2.91. The first-order valence-corrected chi connectivity index (χ1v) is 8.83. The molecule has 4 rings (SSSR count). The van der Waals surface area contributed by atoms with Crippen molar-refractivity contribution < 1.29 is 19.4 Å². The number of aryl methyl sites for hydroxylation is 1. The van der Waals surface area contributed by atoms with E-state index in [1.807, 2.05) is 31.2 Å². The van der Waals surface area contributed by atoms with Gasteiger partial charge < -0.3 is 14.7 Å². The Bertz CT molecular complexity index is 987. The normalized spacial score (nSPS) is 15.3. The molecule has 2 aliphatic heterocycles. The predicted octanol–water partition coefficient (Wildman–Crippen LogP) is 2.48. The van der Waals surface area contributed by atoms with E-state index < -0.39 is 5.97 Å². The molecule has 0 saturated carbocycles. The van der Waals surface area contributed by atoms with Gasteiger partial charge in [-0.05, 0) is 25.1 Å². The molecule has 1 N–H and O–H groups in total. The zero-order valence-electron chi connectivity index (χ0n) is 14.9. The van der Waals surface area contributed by atoms with Gasteiger partial charge in [-0.3, -0.25) is 9.48 Å². The molecule has 138 valence electrons. The highest BCUT2D eigenvalue weighted by Gasteiger charge is 2.30. The van der Waals surface area contributed by atoms with Crippen LogP contribution < -0.4 is 4.74 Å². The number of aromatic carboxylic acids is 1. The molecule has 1 aromatic heterocycles. The molecule has 1 aromatic carbocycles. The van der Waals surface area contributed by atoms with Gasteiger partial charge in [0.15, 0.2) is 5.69 Å². The molecule has 7 nitrogen and oxygen atoms in total. The molecular formula is C20H19N3O4. The third kappa shape index (κ3) is 3.01. The number of carbonyl (C=O) groups is 2. The number of hydrogen-bond donors (Lipinski definition) is 1. The molecule has 0 unspecified atom stereocenters. The maximum Gasteiger partial charge on any atom is 0.356 e. The maximum atomic E-state index is 13.1. The van der Waals surface area contributed by atoms with Crippen molar-refractivity contribution in [2.24, 2.45) is 0 Å². The van der Waals surface area contributed by atoms with E-state index in [2.05, 4.69) is 5.10 Å². The summed E-state index contributed by atoms with van der Waals surface area (Å²) in [5, 5.41) is 13.6. The fourth-order valence-corrected chi connectivity index (χ4v) is 3.52. The Kier molecular flexibility index (Phi) is 4.27. The third-order valence-electron chi connectivity index (χ3n) is 4.84. The van der Waals surface area contributed by atoms with E-state index in [-0.39, 0.29) is 18.1 Å². The summed E-state index contributed by atoms with van der Waals surface area (Å²) < 4.78 is 7.26. The molecule has 0 saturated heterocycles. The largest absolute Gasteiger partial charge is 0.476 e. The second kappa shape index (κ2) is 6.75. The lowest BCUT2D eigenvalue weighted by atomic mass is 10.0. The lowest BCUT2D eigenvalue weighted by Gasteiger charge is -2.28. The van der Waals surface area contributed by atoms with Gasteiger partial charge >= 0.3 is 5.97 Å². The molecule has 0 aliphatic carbocycles. The molecule has 0 atom stereocenters. The Balaban J connectivity index is 1.65. The molecule has 27 heavy (non-hydrogen) atoms. The molecule has 0 bridgehead atoms. The van der Waals surface area contributed by atoms with Gasteiger partial charge in [-0.25, -0.2) is 4.79 Å². The highest BCUT2D eigenvalue weighted by Crippen LogP contribution is 2.28. The van der Waals surface area contributed by atoms with Gasteiger partial charge in [0, 0.05) is 41.9 Å². The molecule has 0 spiro atoms. The fraction of sp³-hybridized carbons (Fsp3) is 0.250. The standard InChI is InChI=1S/C20H19N3O4/c1-2-23-16-7-9-22(12-15(16)18(21-23)20(25)26)19(24)14-8-10-27-17-6-4-3-5-13(17)11-14/h3-6,8,10-11H,2,7,9,12H2,1H3,(H,25,26). The molecule has 7 heteroatoms. The van der Waals surface area contributed by atoms with Gasteiger partial charge in [-0.15, -0.1) is 0 Å². The number of ether oxygens (including phenoxy) is 1. The minimum atomic E-state index is -1.07. The molecule has 0 radical (unpaired) electrons. The molecule has 3 heterocycles. The maximum absolute atomic E-state index is 13.1. The number of carboxylic acids is 1. The number of amides is 1. The number of carboxylic acid groups (broad SMARTS) is 1. The van der Waals surface area contributed by atoms with E-state index in [4.69, 9.17) is 4.74 Å². The summed E-state index contributed by atoms with van der Waals surface area (Å²) in [7, 11) is 0. The van der Waals surface area contributed by atoms with E-state index in [0.717, 1.165) is 11.3 Å². The summed E-state index contributed by atoms with van der Waals surface area (Å²) in [6, 6.07) is 7.49. The summed E-state index contributed by atoms with van der Waals surface area (Å²) >= 11 is 0. The summed E-state index contributed by atoms with van der Waals surface area (Å²) in [6.07, 6.45) is 5.53. The van der Waals surface area contributed by atoms with Crippen molar-refractivity contribution in [1.29, 1.82) is 0 Å². The van der Waals surface area contributed by atoms with E-state index in [9.17, 15) is 14.7 Å². The second-order valence-corrected chi connectivity index (χ2v) is 6.43. The number of nitrogens with zero attached hydrogens (tertiary/aromatic N) is 3. The highest BCUT2D eigenvalue weighted by molar-refractivity contribution is 6.01. The highest BCUT2D eigenvalue weighted by atomic mass is 16.5. The lowest BCUT2D eigenvalue weighted by Crippen LogP contribution is -2.37. The topological polar surface area (TPSA) is 84.7 Å². The lowest BCUT2D eigenvalue weighted by molar-refractivity contribution is -0.127. The van der Waals surface area contributed by atoms with Crippen LogP contribution in [0.15, 0.2) is 42.2 Å². The smallest absolute Gasteiger partial charge is 0.356 e. The van der Waals surface area contributed by atoms with Crippen LogP contribution in [0.1, 0.15) is 34.2 Å². The number of rotatable bonds is 3. The van der Waals surface area contributed by atoms with Crippen LogP contribution in [0.3, 0.4) is 0 Å². The van der Waals surface area contributed by atoms with Crippen molar-refractivity contribution in [3.05, 3.63) is 64.7 Å². The number of para-hydroxylation sites is 1. The first-order chi connectivity index (χ1) is 13.1. The van der Waals surface area contributed by atoms with Crippen LogP contribution in [0.5, 0.6) is 5.75 Å².